The molecule has 0 saturated carbocycles. The molecule has 0 spiro atoms. The molecule has 2 rings (SSSR count). The molecule has 2 aromatic rings. The molecule has 0 unspecified atom stereocenters. The van der Waals surface area contributed by atoms with Crippen molar-refractivity contribution in [1.82, 2.24) is 4.57 Å². The first-order valence-corrected chi connectivity index (χ1v) is 6.46. The van der Waals surface area contributed by atoms with Crippen LogP contribution in [0.1, 0.15) is 18.2 Å². The zero-order valence-electron chi connectivity index (χ0n) is 11.5. The fraction of sp³-hybridized carbons (Fsp3) is 0.188. The van der Waals surface area contributed by atoms with Crippen LogP contribution in [0.15, 0.2) is 36.5 Å². The van der Waals surface area contributed by atoms with Gasteiger partial charge in [0, 0.05) is 18.5 Å². The minimum absolute atomic E-state index is 0.0675. The summed E-state index contributed by atoms with van der Waals surface area (Å²) < 4.78 is 34.6. The molecule has 108 valence electrons. The number of ether oxygens (including phenoxy) is 1. The lowest BCUT2D eigenvalue weighted by Gasteiger charge is -2.07. The molecule has 1 aromatic carbocycles. The summed E-state index contributed by atoms with van der Waals surface area (Å²) in [5.74, 6) is -1.52. The Morgan fingerprint density at radius 1 is 1.29 bits per heavy atom. The van der Waals surface area contributed by atoms with E-state index < -0.39 is 11.6 Å². The molecule has 0 fully saturated rings. The van der Waals surface area contributed by atoms with E-state index in [4.69, 9.17) is 4.74 Å². The van der Waals surface area contributed by atoms with Gasteiger partial charge in [0.15, 0.2) is 0 Å². The molecule has 0 saturated heterocycles. The molecule has 0 atom stereocenters. The zero-order chi connectivity index (χ0) is 15.2. The van der Waals surface area contributed by atoms with E-state index in [1.807, 2.05) is 13.0 Å². The van der Waals surface area contributed by atoms with E-state index in [-0.39, 0.29) is 11.1 Å². The molecule has 21 heavy (non-hydrogen) atoms. The average molecular weight is 288 g/mol. The van der Waals surface area contributed by atoms with Gasteiger partial charge in [0.25, 0.3) is 0 Å². The van der Waals surface area contributed by atoms with Crippen LogP contribution in [0.25, 0.3) is 11.6 Å². The van der Waals surface area contributed by atoms with Crippen LogP contribution in [-0.4, -0.2) is 11.2 Å². The first-order chi connectivity index (χ1) is 10.2. The van der Waals surface area contributed by atoms with Gasteiger partial charge in [0.2, 0.25) is 0 Å². The van der Waals surface area contributed by atoms with Gasteiger partial charge in [0.05, 0.1) is 11.1 Å². The summed E-state index contributed by atoms with van der Waals surface area (Å²) in [6.07, 6.45) is 3.22. The smallest absolute Gasteiger partial charge is 0.134 e. The molecule has 0 amide bonds. The summed E-state index contributed by atoms with van der Waals surface area (Å²) in [7, 11) is 0. The summed E-state index contributed by atoms with van der Waals surface area (Å²) in [5, 5.41) is 9.20. The third-order valence-electron chi connectivity index (χ3n) is 2.94. The van der Waals surface area contributed by atoms with Crippen LogP contribution in [0.2, 0.25) is 0 Å². The Kier molecular flexibility index (Phi) is 4.85. The molecule has 0 N–H and O–H groups in total. The Balaban J connectivity index is 2.43. The standard InChI is InChI=1S/C16H14F2N2O/c1-2-21-11-20-8-4-5-13(20)9-12(10-19)16-14(17)6-3-7-15(16)18/h3-9H,2,11H2,1H3/b12-9+. The van der Waals surface area contributed by atoms with Crippen molar-refractivity contribution in [3.8, 4) is 6.07 Å². The average Bonchev–Trinajstić information content (AvgIpc) is 2.90. The number of nitrogens with zero attached hydrogens (tertiary/aromatic N) is 2. The van der Waals surface area contributed by atoms with E-state index in [2.05, 4.69) is 0 Å². The second kappa shape index (κ2) is 6.82. The van der Waals surface area contributed by atoms with Crippen LogP contribution in [-0.2, 0) is 11.5 Å². The fourth-order valence-electron chi connectivity index (χ4n) is 1.93. The van der Waals surface area contributed by atoms with E-state index in [1.165, 1.54) is 12.1 Å². The predicted octanol–water partition coefficient (Wildman–Crippen LogP) is 3.82. The molecular formula is C16H14F2N2O. The summed E-state index contributed by atoms with van der Waals surface area (Å²) in [5.41, 5.74) is 0.258. The number of hydrogen-bond donors (Lipinski definition) is 0. The maximum atomic E-state index is 13.8. The second-order valence-corrected chi connectivity index (χ2v) is 4.29. The van der Waals surface area contributed by atoms with Crippen LogP contribution < -0.4 is 0 Å². The van der Waals surface area contributed by atoms with E-state index in [0.29, 0.717) is 19.0 Å². The first-order valence-electron chi connectivity index (χ1n) is 6.46. The summed E-state index contributed by atoms with van der Waals surface area (Å²) in [6, 6.07) is 8.89. The molecule has 1 heterocycles. The van der Waals surface area contributed by atoms with Crippen molar-refractivity contribution >= 4 is 11.6 Å². The number of allylic oxidation sites excluding steroid dienone is 1. The van der Waals surface area contributed by atoms with Crippen LogP contribution in [0.3, 0.4) is 0 Å². The number of hydrogen-bond acceptors (Lipinski definition) is 2. The Hall–Kier alpha value is -2.45. The van der Waals surface area contributed by atoms with E-state index in [1.54, 1.807) is 22.9 Å². The minimum atomic E-state index is -0.759. The molecule has 0 aliphatic heterocycles. The Morgan fingerprint density at radius 3 is 2.62 bits per heavy atom. The SMILES string of the molecule is CCOCn1cccc1/C=C(\C#N)c1c(F)cccc1F. The molecule has 3 nitrogen and oxygen atoms in total. The van der Waals surface area contributed by atoms with Crippen molar-refractivity contribution in [1.29, 1.82) is 5.26 Å². The molecule has 0 bridgehead atoms. The topological polar surface area (TPSA) is 38.0 Å². The number of benzene rings is 1. The van der Waals surface area contributed by atoms with Gasteiger partial charge < -0.3 is 9.30 Å². The molecule has 0 aliphatic rings. The third-order valence-corrected chi connectivity index (χ3v) is 2.94. The van der Waals surface area contributed by atoms with Crippen molar-refractivity contribution in [2.75, 3.05) is 6.61 Å². The predicted molar refractivity (Wildman–Crippen MR) is 75.9 cm³/mol. The third kappa shape index (κ3) is 3.36. The van der Waals surface area contributed by atoms with Gasteiger partial charge in [0.1, 0.15) is 24.4 Å². The van der Waals surface area contributed by atoms with Crippen molar-refractivity contribution < 1.29 is 13.5 Å². The number of nitriles is 1. The summed E-state index contributed by atoms with van der Waals surface area (Å²) >= 11 is 0. The van der Waals surface area contributed by atoms with Gasteiger partial charge in [-0.1, -0.05) is 6.07 Å². The highest BCUT2D eigenvalue weighted by Crippen LogP contribution is 2.23. The van der Waals surface area contributed by atoms with Crippen LogP contribution in [0.5, 0.6) is 0 Å². The number of rotatable bonds is 5. The molecular weight excluding hydrogens is 274 g/mol. The Morgan fingerprint density at radius 2 is 2.00 bits per heavy atom. The number of aromatic nitrogens is 1. The van der Waals surface area contributed by atoms with Gasteiger partial charge in [-0.05, 0) is 37.3 Å². The lowest BCUT2D eigenvalue weighted by Crippen LogP contribution is -2.03. The Bertz CT molecular complexity index is 678. The van der Waals surface area contributed by atoms with Gasteiger partial charge >= 0.3 is 0 Å². The maximum Gasteiger partial charge on any atom is 0.134 e. The van der Waals surface area contributed by atoms with Crippen molar-refractivity contribution in [3.63, 3.8) is 0 Å². The van der Waals surface area contributed by atoms with Crippen molar-refractivity contribution in [2.24, 2.45) is 0 Å². The highest BCUT2D eigenvalue weighted by Gasteiger charge is 2.14. The van der Waals surface area contributed by atoms with Crippen LogP contribution >= 0.6 is 0 Å². The maximum absolute atomic E-state index is 13.8. The van der Waals surface area contributed by atoms with E-state index in [9.17, 15) is 14.0 Å². The summed E-state index contributed by atoms with van der Waals surface area (Å²) in [4.78, 5) is 0. The first kappa shape index (κ1) is 14.9. The number of halogens is 2. The van der Waals surface area contributed by atoms with Crippen molar-refractivity contribution in [3.05, 3.63) is 59.4 Å². The monoisotopic (exact) mass is 288 g/mol. The largest absolute Gasteiger partial charge is 0.361 e. The van der Waals surface area contributed by atoms with Gasteiger partial charge in [-0.3, -0.25) is 0 Å². The normalized spacial score (nSPS) is 11.4. The highest BCUT2D eigenvalue weighted by molar-refractivity contribution is 5.89. The fourth-order valence-corrected chi connectivity index (χ4v) is 1.93. The zero-order valence-corrected chi connectivity index (χ0v) is 11.5. The van der Waals surface area contributed by atoms with Crippen LogP contribution in [0, 0.1) is 23.0 Å². The van der Waals surface area contributed by atoms with Crippen LogP contribution in [0.4, 0.5) is 8.78 Å². The van der Waals surface area contributed by atoms with E-state index >= 15 is 0 Å². The minimum Gasteiger partial charge on any atom is -0.361 e. The lowest BCUT2D eigenvalue weighted by atomic mass is 10.0. The Labute approximate surface area is 121 Å². The second-order valence-electron chi connectivity index (χ2n) is 4.29. The molecule has 1 aromatic heterocycles. The molecule has 0 aliphatic carbocycles. The van der Waals surface area contributed by atoms with E-state index in [0.717, 1.165) is 12.1 Å². The van der Waals surface area contributed by atoms with Gasteiger partial charge in [-0.15, -0.1) is 0 Å². The molecule has 5 heteroatoms. The van der Waals surface area contributed by atoms with Crippen molar-refractivity contribution in [2.45, 2.75) is 13.7 Å². The van der Waals surface area contributed by atoms with Gasteiger partial charge in [-0.25, -0.2) is 8.78 Å². The van der Waals surface area contributed by atoms with Gasteiger partial charge in [-0.2, -0.15) is 5.26 Å². The lowest BCUT2D eigenvalue weighted by molar-refractivity contribution is 0.0877. The quantitative estimate of drug-likeness (QED) is 0.784. The molecule has 0 radical (unpaired) electrons. The summed E-state index contributed by atoms with van der Waals surface area (Å²) in [6.45, 7) is 2.73. The highest BCUT2D eigenvalue weighted by atomic mass is 19.1.